The average Bonchev–Trinajstić information content (AvgIpc) is 2.66. The Bertz CT molecular complexity index is 985. The van der Waals surface area contributed by atoms with E-state index in [0.717, 1.165) is 0 Å². The lowest BCUT2D eigenvalue weighted by Crippen LogP contribution is -2.21. The van der Waals surface area contributed by atoms with E-state index >= 15 is 0 Å². The van der Waals surface area contributed by atoms with Crippen LogP contribution in [-0.2, 0) is 0 Å². The van der Waals surface area contributed by atoms with E-state index in [2.05, 4.69) is 10.6 Å². The number of anilines is 4. The van der Waals surface area contributed by atoms with Crippen molar-refractivity contribution in [2.75, 3.05) is 10.6 Å². The molecule has 0 fully saturated rings. The maximum absolute atomic E-state index is 14.1. The molecular formula is C20H16F2N4O2. The molecule has 0 saturated carbocycles. The van der Waals surface area contributed by atoms with Gasteiger partial charge >= 0.3 is 0 Å². The summed E-state index contributed by atoms with van der Waals surface area (Å²) in [5.41, 5.74) is 11.0. The first-order valence-corrected chi connectivity index (χ1v) is 8.17. The van der Waals surface area contributed by atoms with Gasteiger partial charge in [0.05, 0.1) is 33.9 Å². The van der Waals surface area contributed by atoms with Gasteiger partial charge in [-0.2, -0.15) is 0 Å². The molecule has 2 amide bonds. The molecule has 0 aliphatic heterocycles. The minimum absolute atomic E-state index is 0.112. The smallest absolute Gasteiger partial charge is 0.249 e. The van der Waals surface area contributed by atoms with E-state index in [1.165, 1.54) is 48.5 Å². The normalized spacial score (nSPS) is 10.4. The SMILES string of the molecule is NC(=O)c1cc(Nc2ccccc2F)c(Nc2ccccc2F)cc1C(N)=O. The molecule has 6 nitrogen and oxygen atoms in total. The number of nitrogens with two attached hydrogens (primary N) is 2. The second-order valence-electron chi connectivity index (χ2n) is 5.88. The molecule has 3 aromatic carbocycles. The van der Waals surface area contributed by atoms with Crippen LogP contribution in [0.4, 0.5) is 31.5 Å². The van der Waals surface area contributed by atoms with E-state index in [1.54, 1.807) is 12.1 Å². The van der Waals surface area contributed by atoms with Gasteiger partial charge in [0.1, 0.15) is 11.6 Å². The molecule has 6 N–H and O–H groups in total. The van der Waals surface area contributed by atoms with Gasteiger partial charge in [0.25, 0.3) is 0 Å². The van der Waals surface area contributed by atoms with E-state index in [4.69, 9.17) is 11.5 Å². The second kappa shape index (κ2) is 7.75. The Morgan fingerprint density at radius 3 is 1.32 bits per heavy atom. The predicted octanol–water partition coefficient (Wildman–Crippen LogP) is 3.65. The van der Waals surface area contributed by atoms with Crippen LogP contribution in [0.25, 0.3) is 0 Å². The number of carbonyl (C=O) groups excluding carboxylic acids is 2. The Kier molecular flexibility index (Phi) is 5.21. The minimum Gasteiger partial charge on any atom is -0.366 e. The van der Waals surface area contributed by atoms with Crippen LogP contribution in [0.15, 0.2) is 60.7 Å². The van der Waals surface area contributed by atoms with Gasteiger partial charge in [-0.3, -0.25) is 9.59 Å². The van der Waals surface area contributed by atoms with E-state index in [1.807, 2.05) is 0 Å². The van der Waals surface area contributed by atoms with Gasteiger partial charge in [-0.1, -0.05) is 24.3 Å². The second-order valence-corrected chi connectivity index (χ2v) is 5.88. The van der Waals surface area contributed by atoms with Crippen molar-refractivity contribution in [2.24, 2.45) is 11.5 Å². The number of halogens is 2. The zero-order chi connectivity index (χ0) is 20.3. The first-order valence-electron chi connectivity index (χ1n) is 8.17. The molecule has 0 bridgehead atoms. The number of rotatable bonds is 6. The molecule has 0 aliphatic rings. The van der Waals surface area contributed by atoms with Crippen molar-refractivity contribution in [3.63, 3.8) is 0 Å². The van der Waals surface area contributed by atoms with Crippen molar-refractivity contribution < 1.29 is 18.4 Å². The molecule has 0 unspecified atom stereocenters. The summed E-state index contributed by atoms with van der Waals surface area (Å²) >= 11 is 0. The van der Waals surface area contributed by atoms with Crippen LogP contribution in [0.1, 0.15) is 20.7 Å². The summed E-state index contributed by atoms with van der Waals surface area (Å²) in [6.07, 6.45) is 0. The van der Waals surface area contributed by atoms with Gasteiger partial charge in [0.2, 0.25) is 11.8 Å². The highest BCUT2D eigenvalue weighted by Gasteiger charge is 2.19. The van der Waals surface area contributed by atoms with E-state index in [0.29, 0.717) is 0 Å². The van der Waals surface area contributed by atoms with Crippen molar-refractivity contribution in [1.29, 1.82) is 0 Å². The molecule has 0 atom stereocenters. The van der Waals surface area contributed by atoms with Crippen molar-refractivity contribution in [1.82, 2.24) is 0 Å². The average molecular weight is 382 g/mol. The fourth-order valence-electron chi connectivity index (χ4n) is 2.63. The molecule has 3 aromatic rings. The highest BCUT2D eigenvalue weighted by molar-refractivity contribution is 6.08. The first-order chi connectivity index (χ1) is 13.4. The topological polar surface area (TPSA) is 110 Å². The number of para-hydroxylation sites is 2. The minimum atomic E-state index is -0.886. The van der Waals surface area contributed by atoms with Crippen LogP contribution in [0.5, 0.6) is 0 Å². The van der Waals surface area contributed by atoms with E-state index in [-0.39, 0.29) is 33.9 Å². The number of benzene rings is 3. The number of carbonyl (C=O) groups is 2. The summed E-state index contributed by atoms with van der Waals surface area (Å²) in [5.74, 6) is -2.86. The molecule has 3 rings (SSSR count). The van der Waals surface area contributed by atoms with Crippen molar-refractivity contribution in [3.8, 4) is 0 Å². The number of primary amides is 2. The number of amides is 2. The monoisotopic (exact) mass is 382 g/mol. The zero-order valence-electron chi connectivity index (χ0n) is 14.5. The lowest BCUT2D eigenvalue weighted by atomic mass is 10.0. The van der Waals surface area contributed by atoms with E-state index < -0.39 is 23.4 Å². The maximum atomic E-state index is 14.1. The summed E-state index contributed by atoms with van der Waals surface area (Å²) in [6.45, 7) is 0. The van der Waals surface area contributed by atoms with Crippen molar-refractivity contribution >= 4 is 34.6 Å². The van der Waals surface area contributed by atoms with Crippen LogP contribution in [0.3, 0.4) is 0 Å². The lowest BCUT2D eigenvalue weighted by Gasteiger charge is -2.17. The molecule has 0 spiro atoms. The third-order valence-electron chi connectivity index (χ3n) is 3.97. The van der Waals surface area contributed by atoms with Gasteiger partial charge in [-0.25, -0.2) is 8.78 Å². The third kappa shape index (κ3) is 3.90. The predicted molar refractivity (Wildman–Crippen MR) is 103 cm³/mol. The Hall–Kier alpha value is -3.94. The fourth-order valence-corrected chi connectivity index (χ4v) is 2.63. The van der Waals surface area contributed by atoms with Crippen LogP contribution in [0.2, 0.25) is 0 Å². The van der Waals surface area contributed by atoms with Gasteiger partial charge in [0, 0.05) is 0 Å². The van der Waals surface area contributed by atoms with Crippen LogP contribution >= 0.6 is 0 Å². The number of hydrogen-bond acceptors (Lipinski definition) is 4. The zero-order valence-corrected chi connectivity index (χ0v) is 14.5. The summed E-state index contributed by atoms with van der Waals surface area (Å²) in [4.78, 5) is 23.5. The molecule has 142 valence electrons. The van der Waals surface area contributed by atoms with Crippen molar-refractivity contribution in [2.45, 2.75) is 0 Å². The summed E-state index contributed by atoms with van der Waals surface area (Å²) < 4.78 is 28.1. The maximum Gasteiger partial charge on any atom is 0.249 e. The lowest BCUT2D eigenvalue weighted by molar-refractivity contribution is 0.0967. The van der Waals surface area contributed by atoms with E-state index in [9.17, 15) is 18.4 Å². The van der Waals surface area contributed by atoms with Crippen LogP contribution in [0, 0.1) is 11.6 Å². The molecule has 0 aliphatic carbocycles. The molecule has 0 radical (unpaired) electrons. The standard InChI is InChI=1S/C20H16F2N4O2/c21-13-5-1-3-7-15(13)25-17-9-11(19(23)27)12(20(24)28)10-18(17)26-16-8-4-2-6-14(16)22/h1-10,25-26H,(H2,23,27)(H2,24,28). The third-order valence-corrected chi connectivity index (χ3v) is 3.97. The molecule has 0 aromatic heterocycles. The van der Waals surface area contributed by atoms with Crippen LogP contribution < -0.4 is 22.1 Å². The summed E-state index contributed by atoms with van der Waals surface area (Å²) in [6, 6.07) is 14.2. The molecule has 0 saturated heterocycles. The fraction of sp³-hybridized carbons (Fsp3) is 0. The molecule has 0 heterocycles. The summed E-state index contributed by atoms with van der Waals surface area (Å²) in [5, 5.41) is 5.64. The molecular weight excluding hydrogens is 366 g/mol. The van der Waals surface area contributed by atoms with Crippen molar-refractivity contribution in [3.05, 3.63) is 83.4 Å². The first kappa shape index (κ1) is 18.8. The Labute approximate surface area is 159 Å². The number of hydrogen-bond donors (Lipinski definition) is 4. The van der Waals surface area contributed by atoms with Gasteiger partial charge in [-0.05, 0) is 36.4 Å². The quantitative estimate of drug-likeness (QED) is 0.521. The Morgan fingerprint density at radius 1 is 0.643 bits per heavy atom. The van der Waals surface area contributed by atoms with Crippen LogP contribution in [-0.4, -0.2) is 11.8 Å². The Morgan fingerprint density at radius 2 is 1.00 bits per heavy atom. The Balaban J connectivity index is 2.15. The number of nitrogens with one attached hydrogen (secondary N) is 2. The van der Waals surface area contributed by atoms with Gasteiger partial charge in [0.15, 0.2) is 0 Å². The highest BCUT2D eigenvalue weighted by Crippen LogP contribution is 2.33. The molecule has 8 heteroatoms. The van der Waals surface area contributed by atoms with Gasteiger partial charge in [-0.15, -0.1) is 0 Å². The highest BCUT2D eigenvalue weighted by atomic mass is 19.1. The summed E-state index contributed by atoms with van der Waals surface area (Å²) in [7, 11) is 0. The van der Waals surface area contributed by atoms with Gasteiger partial charge < -0.3 is 22.1 Å². The molecule has 28 heavy (non-hydrogen) atoms. The largest absolute Gasteiger partial charge is 0.366 e.